The van der Waals surface area contributed by atoms with Gasteiger partial charge in [-0.1, -0.05) is 6.42 Å². The first-order chi connectivity index (χ1) is 7.36. The molecule has 0 spiro atoms. The maximum atomic E-state index is 11.6. The van der Waals surface area contributed by atoms with Gasteiger partial charge in [0.1, 0.15) is 0 Å². The number of hydrogen-bond donors (Lipinski definition) is 1. The number of piperidine rings is 1. The Morgan fingerprint density at radius 1 is 1.20 bits per heavy atom. The molecule has 3 heterocycles. The number of H-pyrrole nitrogens is 1. The molecule has 1 N–H and O–H groups in total. The summed E-state index contributed by atoms with van der Waals surface area (Å²) in [6.45, 7) is 2.38. The number of imidazole rings is 1. The Morgan fingerprint density at radius 3 is 2.93 bits per heavy atom. The molecule has 3 rings (SSSR count). The summed E-state index contributed by atoms with van der Waals surface area (Å²) in [5.41, 5.74) is 0.0485. The van der Waals surface area contributed by atoms with Crippen LogP contribution in [0.4, 0.5) is 0 Å². The van der Waals surface area contributed by atoms with Crippen LogP contribution in [0.2, 0.25) is 0 Å². The molecule has 2 aliphatic heterocycles. The van der Waals surface area contributed by atoms with Gasteiger partial charge in [0.2, 0.25) is 0 Å². The van der Waals surface area contributed by atoms with E-state index in [1.54, 1.807) is 6.20 Å². The van der Waals surface area contributed by atoms with Crippen LogP contribution in [0.5, 0.6) is 0 Å². The Kier molecular flexibility index (Phi) is 2.16. The molecule has 15 heavy (non-hydrogen) atoms. The van der Waals surface area contributed by atoms with Crippen LogP contribution in [0.15, 0.2) is 17.2 Å². The minimum absolute atomic E-state index is 0.0485. The van der Waals surface area contributed by atoms with Gasteiger partial charge in [-0.05, 0) is 25.8 Å². The van der Waals surface area contributed by atoms with Crippen LogP contribution in [0.25, 0.3) is 0 Å². The van der Waals surface area contributed by atoms with Crippen LogP contribution < -0.4 is 5.69 Å². The molecule has 0 aliphatic carbocycles. The predicted octanol–water partition coefficient (Wildman–Crippen LogP) is 0.976. The first-order valence-corrected chi connectivity index (χ1v) is 5.86. The van der Waals surface area contributed by atoms with Crippen molar-refractivity contribution in [1.29, 1.82) is 0 Å². The molecule has 0 bridgehead atoms. The summed E-state index contributed by atoms with van der Waals surface area (Å²) in [5.74, 6) is 0. The number of nitrogens with zero attached hydrogens (tertiary/aromatic N) is 2. The van der Waals surface area contributed by atoms with Gasteiger partial charge in [0.15, 0.2) is 0 Å². The topological polar surface area (TPSA) is 41.0 Å². The number of nitrogens with one attached hydrogen (secondary N) is 1. The summed E-state index contributed by atoms with van der Waals surface area (Å²) >= 11 is 0. The van der Waals surface area contributed by atoms with E-state index >= 15 is 0 Å². The highest BCUT2D eigenvalue weighted by molar-refractivity contribution is 4.95. The van der Waals surface area contributed by atoms with E-state index in [9.17, 15) is 4.79 Å². The van der Waals surface area contributed by atoms with Gasteiger partial charge in [0.05, 0.1) is 6.04 Å². The fourth-order valence-corrected chi connectivity index (χ4v) is 3.14. The molecule has 0 radical (unpaired) electrons. The van der Waals surface area contributed by atoms with Crippen molar-refractivity contribution in [3.63, 3.8) is 0 Å². The normalized spacial score (nSPS) is 31.7. The molecule has 1 aromatic heterocycles. The number of aromatic amines is 1. The Bertz CT molecular complexity index is 395. The molecule has 2 unspecified atom stereocenters. The summed E-state index contributed by atoms with van der Waals surface area (Å²) in [6, 6.07) is 1.01. The third-order valence-corrected chi connectivity index (χ3v) is 3.85. The summed E-state index contributed by atoms with van der Waals surface area (Å²) in [7, 11) is 0. The largest absolute Gasteiger partial charge is 0.325 e. The van der Waals surface area contributed by atoms with Crippen molar-refractivity contribution < 1.29 is 0 Å². The van der Waals surface area contributed by atoms with E-state index in [4.69, 9.17) is 0 Å². The van der Waals surface area contributed by atoms with E-state index in [1.165, 1.54) is 25.8 Å². The molecular formula is C11H17N3O. The first-order valence-electron chi connectivity index (χ1n) is 5.86. The summed E-state index contributed by atoms with van der Waals surface area (Å²) in [5, 5.41) is 0. The summed E-state index contributed by atoms with van der Waals surface area (Å²) < 4.78 is 1.88. The molecule has 2 saturated heterocycles. The molecule has 4 heteroatoms. The van der Waals surface area contributed by atoms with E-state index in [0.717, 1.165) is 13.0 Å². The average molecular weight is 207 g/mol. The quantitative estimate of drug-likeness (QED) is 0.745. The minimum atomic E-state index is 0.0485. The lowest BCUT2D eigenvalue weighted by molar-refractivity contribution is 0.172. The zero-order valence-corrected chi connectivity index (χ0v) is 8.85. The fraction of sp³-hybridized carbons (Fsp3) is 0.727. The fourth-order valence-electron chi connectivity index (χ4n) is 3.14. The van der Waals surface area contributed by atoms with Crippen LogP contribution in [0.1, 0.15) is 31.7 Å². The molecule has 0 amide bonds. The summed E-state index contributed by atoms with van der Waals surface area (Å²) in [6.07, 6.45) is 8.66. The molecule has 2 fully saturated rings. The monoisotopic (exact) mass is 207 g/mol. The van der Waals surface area contributed by atoms with Crippen molar-refractivity contribution in [1.82, 2.24) is 14.5 Å². The lowest BCUT2D eigenvalue weighted by atomic mass is 9.99. The number of rotatable bonds is 1. The van der Waals surface area contributed by atoms with Crippen LogP contribution >= 0.6 is 0 Å². The highest BCUT2D eigenvalue weighted by Crippen LogP contribution is 2.34. The van der Waals surface area contributed by atoms with Gasteiger partial charge >= 0.3 is 5.69 Å². The van der Waals surface area contributed by atoms with Gasteiger partial charge in [-0.25, -0.2) is 4.79 Å². The van der Waals surface area contributed by atoms with E-state index in [2.05, 4.69) is 9.88 Å². The highest BCUT2D eigenvalue weighted by Gasteiger charge is 2.36. The van der Waals surface area contributed by atoms with Gasteiger partial charge in [0.25, 0.3) is 0 Å². The lowest BCUT2D eigenvalue weighted by Gasteiger charge is -2.32. The molecule has 4 nitrogen and oxygen atoms in total. The second-order valence-electron chi connectivity index (χ2n) is 4.63. The van der Waals surface area contributed by atoms with E-state index < -0.39 is 0 Å². The maximum absolute atomic E-state index is 11.6. The SMILES string of the molecule is O=c1[nH]ccn1C1CCN2CCCCC12. The standard InChI is InChI=1S/C11H17N3O/c15-11-12-5-8-14(11)10-4-7-13-6-2-1-3-9(10)13/h5,8-10H,1-4,6-7H2,(H,12,15). The Labute approximate surface area is 88.9 Å². The van der Waals surface area contributed by atoms with Crippen molar-refractivity contribution >= 4 is 0 Å². The van der Waals surface area contributed by atoms with Crippen molar-refractivity contribution in [2.24, 2.45) is 0 Å². The van der Waals surface area contributed by atoms with Crippen molar-refractivity contribution in [2.45, 2.75) is 37.8 Å². The van der Waals surface area contributed by atoms with E-state index in [-0.39, 0.29) is 5.69 Å². The van der Waals surface area contributed by atoms with Gasteiger partial charge in [-0.3, -0.25) is 9.47 Å². The molecular weight excluding hydrogens is 190 g/mol. The number of hydrogen-bond acceptors (Lipinski definition) is 2. The maximum Gasteiger partial charge on any atom is 0.325 e. The number of fused-ring (bicyclic) bond motifs is 1. The van der Waals surface area contributed by atoms with Crippen molar-refractivity contribution in [3.8, 4) is 0 Å². The van der Waals surface area contributed by atoms with Crippen LogP contribution in [-0.4, -0.2) is 33.6 Å². The minimum Gasteiger partial charge on any atom is -0.313 e. The smallest absolute Gasteiger partial charge is 0.313 e. The second kappa shape index (κ2) is 3.52. The van der Waals surface area contributed by atoms with Crippen LogP contribution in [0, 0.1) is 0 Å². The zero-order chi connectivity index (χ0) is 10.3. The van der Waals surface area contributed by atoms with Gasteiger partial charge in [-0.2, -0.15) is 0 Å². The Hall–Kier alpha value is -1.03. The second-order valence-corrected chi connectivity index (χ2v) is 4.63. The van der Waals surface area contributed by atoms with Crippen LogP contribution in [0.3, 0.4) is 0 Å². The average Bonchev–Trinajstić information content (AvgIpc) is 2.83. The molecule has 0 aromatic carbocycles. The summed E-state index contributed by atoms with van der Waals surface area (Å²) in [4.78, 5) is 16.8. The molecule has 2 aliphatic rings. The first kappa shape index (κ1) is 9.21. The van der Waals surface area contributed by atoms with Gasteiger partial charge < -0.3 is 4.98 Å². The van der Waals surface area contributed by atoms with Gasteiger partial charge in [-0.15, -0.1) is 0 Å². The van der Waals surface area contributed by atoms with Crippen LogP contribution in [-0.2, 0) is 0 Å². The predicted molar refractivity (Wildman–Crippen MR) is 57.9 cm³/mol. The zero-order valence-electron chi connectivity index (χ0n) is 8.85. The molecule has 2 atom stereocenters. The third-order valence-electron chi connectivity index (χ3n) is 3.85. The highest BCUT2D eigenvalue weighted by atomic mass is 16.1. The van der Waals surface area contributed by atoms with E-state index in [1.807, 2.05) is 10.8 Å². The van der Waals surface area contributed by atoms with Crippen molar-refractivity contribution in [2.75, 3.05) is 13.1 Å². The Balaban J connectivity index is 1.88. The third kappa shape index (κ3) is 1.44. The Morgan fingerprint density at radius 2 is 2.13 bits per heavy atom. The van der Waals surface area contributed by atoms with Crippen molar-refractivity contribution in [3.05, 3.63) is 22.9 Å². The molecule has 0 saturated carbocycles. The molecule has 1 aromatic rings. The number of aromatic nitrogens is 2. The van der Waals surface area contributed by atoms with Gasteiger partial charge in [0, 0.05) is 25.0 Å². The van der Waals surface area contributed by atoms with E-state index in [0.29, 0.717) is 12.1 Å². The lowest BCUT2D eigenvalue weighted by Crippen LogP contribution is -2.39. The molecule has 82 valence electrons.